The Morgan fingerprint density at radius 1 is 0.720 bits per heavy atom. The summed E-state index contributed by atoms with van der Waals surface area (Å²) in [6, 6.07) is 21.5. The van der Waals surface area contributed by atoms with Gasteiger partial charge in [-0.05, 0) is 71.8 Å². The zero-order chi connectivity index (χ0) is 34.8. The van der Waals surface area contributed by atoms with Gasteiger partial charge >= 0.3 is 0 Å². The van der Waals surface area contributed by atoms with E-state index in [0.29, 0.717) is 47.1 Å². The number of methoxy groups -OCH3 is 2. The van der Waals surface area contributed by atoms with Crippen LogP contribution in [0, 0.1) is 0 Å². The second-order valence-corrected chi connectivity index (χ2v) is 13.2. The van der Waals surface area contributed by atoms with E-state index in [2.05, 4.69) is 37.0 Å². The van der Waals surface area contributed by atoms with E-state index in [1.165, 1.54) is 14.2 Å². The van der Waals surface area contributed by atoms with Crippen LogP contribution in [0.25, 0.3) is 0 Å². The summed E-state index contributed by atoms with van der Waals surface area (Å²) >= 11 is 1.54. The van der Waals surface area contributed by atoms with Crippen molar-refractivity contribution in [3.8, 4) is 23.0 Å². The van der Waals surface area contributed by atoms with Crippen molar-refractivity contribution in [2.45, 2.75) is 47.6 Å². The van der Waals surface area contributed by atoms with E-state index in [0.717, 1.165) is 32.3 Å². The van der Waals surface area contributed by atoms with E-state index >= 15 is 0 Å². The summed E-state index contributed by atoms with van der Waals surface area (Å²) in [5.41, 5.74) is 12.4. The summed E-state index contributed by atoms with van der Waals surface area (Å²) in [6.07, 6.45) is 1.35. The van der Waals surface area contributed by atoms with Gasteiger partial charge in [0.1, 0.15) is 0 Å². The van der Waals surface area contributed by atoms with Crippen LogP contribution in [-0.2, 0) is 9.59 Å². The second kappa shape index (κ2) is 13.9. The first-order valence-electron chi connectivity index (χ1n) is 15.9. The molecule has 4 aromatic carbocycles. The van der Waals surface area contributed by atoms with Crippen LogP contribution in [0.15, 0.2) is 92.8 Å². The summed E-state index contributed by atoms with van der Waals surface area (Å²) < 4.78 is 10.2. The Hall–Kier alpha value is -5.89. The van der Waals surface area contributed by atoms with Crippen molar-refractivity contribution >= 4 is 57.7 Å². The van der Waals surface area contributed by atoms with Crippen molar-refractivity contribution in [1.82, 2.24) is 10.9 Å². The lowest BCUT2D eigenvalue weighted by Crippen LogP contribution is -2.16. The van der Waals surface area contributed by atoms with E-state index in [1.54, 1.807) is 36.0 Å². The quantitative estimate of drug-likeness (QED) is 0.0896. The largest absolute Gasteiger partial charge is 0.504 e. The number of phenols is 2. The Kier molecular flexibility index (Phi) is 9.09. The van der Waals surface area contributed by atoms with Crippen LogP contribution in [0.2, 0.25) is 0 Å². The van der Waals surface area contributed by atoms with Crippen LogP contribution in [0.5, 0.6) is 23.0 Å². The van der Waals surface area contributed by atoms with Crippen molar-refractivity contribution < 1.29 is 29.3 Å². The minimum absolute atomic E-state index is 0.0531. The number of ether oxygens (including phenoxy) is 2. The lowest BCUT2D eigenvalue weighted by molar-refractivity contribution is -0.116. The van der Waals surface area contributed by atoms with Gasteiger partial charge in [-0.3, -0.25) is 9.59 Å². The molecule has 3 aliphatic heterocycles. The van der Waals surface area contributed by atoms with Gasteiger partial charge < -0.3 is 46.5 Å². The molecule has 4 aromatic rings. The highest BCUT2D eigenvalue weighted by atomic mass is 32.2. The van der Waals surface area contributed by atoms with Gasteiger partial charge in [-0.25, -0.2) is 0 Å². The fraction of sp³-hybridized carbons (Fsp3) is 0.222. The average Bonchev–Trinajstić information content (AvgIpc) is 3.77. The lowest BCUT2D eigenvalue weighted by atomic mass is 10.0. The van der Waals surface area contributed by atoms with Gasteiger partial charge in [-0.1, -0.05) is 23.9 Å². The number of carbonyl (C=O) groups excluding carboxylic acids is 2. The van der Waals surface area contributed by atoms with Crippen LogP contribution in [0.1, 0.15) is 48.9 Å². The number of fused-ring (bicyclic) bond motifs is 2. The second-order valence-electron chi connectivity index (χ2n) is 12.1. The number of nitrogens with zero attached hydrogens (tertiary/aromatic N) is 2. The van der Waals surface area contributed by atoms with Gasteiger partial charge in [0, 0.05) is 45.4 Å². The molecular formula is C36H35N7O6S. The molecule has 0 aromatic heterocycles. The molecule has 14 heteroatoms. The highest BCUT2D eigenvalue weighted by Crippen LogP contribution is 2.46. The Morgan fingerprint density at radius 3 is 1.60 bits per heavy atom. The highest BCUT2D eigenvalue weighted by molar-refractivity contribution is 7.99. The Bertz CT molecular complexity index is 1910. The monoisotopic (exact) mass is 693 g/mol. The fourth-order valence-corrected chi connectivity index (χ4v) is 7.13. The number of benzene rings is 4. The standard InChI is InChI=1S/C36H35N7O6S/c1-48-31-9-3-19(11-29(31)44)27-13-23(40-42-27)17-35(46)37-21-5-7-25-33(15-21)50-34-16-22(6-8-26(34)39-25)38-36(47)18-24-14-28(43-41-24)20-4-10-32(49-2)30(45)12-20/h3-12,15-16,27-28,39,42-45H,13-14,17-18H2,1-2H3,(H,37,46)(H,38,47). The molecule has 0 bridgehead atoms. The Morgan fingerprint density at radius 2 is 1.18 bits per heavy atom. The molecule has 0 saturated carbocycles. The van der Waals surface area contributed by atoms with E-state index < -0.39 is 0 Å². The molecule has 7 N–H and O–H groups in total. The first-order valence-corrected chi connectivity index (χ1v) is 16.7. The van der Waals surface area contributed by atoms with Gasteiger partial charge in [-0.2, -0.15) is 10.2 Å². The molecule has 2 unspecified atom stereocenters. The molecule has 0 radical (unpaired) electrons. The SMILES string of the molecule is COc1ccc(C2CC(CC(=O)Nc3ccc4c(c3)Sc3cc(NC(=O)CC5=NNC(c6ccc(OC)c(O)c6)C5)ccc3N4)=NN2)cc1O. The predicted octanol–water partition coefficient (Wildman–Crippen LogP) is 6.16. The number of hydrogen-bond acceptors (Lipinski definition) is 12. The van der Waals surface area contributed by atoms with Crippen LogP contribution in [0.3, 0.4) is 0 Å². The number of carbonyl (C=O) groups is 2. The minimum Gasteiger partial charge on any atom is -0.504 e. The summed E-state index contributed by atoms with van der Waals surface area (Å²) in [6.45, 7) is 0. The van der Waals surface area contributed by atoms with Crippen LogP contribution >= 0.6 is 11.8 Å². The normalized spacial score (nSPS) is 17.2. The number of amides is 2. The lowest BCUT2D eigenvalue weighted by Gasteiger charge is -2.22. The van der Waals surface area contributed by atoms with Gasteiger partial charge in [0.15, 0.2) is 23.0 Å². The third kappa shape index (κ3) is 7.10. The molecule has 2 atom stereocenters. The summed E-state index contributed by atoms with van der Waals surface area (Å²) in [5, 5.41) is 38.3. The first-order chi connectivity index (χ1) is 24.2. The molecule has 0 spiro atoms. The van der Waals surface area contributed by atoms with Crippen molar-refractivity contribution in [3.05, 3.63) is 83.9 Å². The van der Waals surface area contributed by atoms with E-state index in [1.807, 2.05) is 48.5 Å². The van der Waals surface area contributed by atoms with Crippen molar-refractivity contribution in [3.63, 3.8) is 0 Å². The van der Waals surface area contributed by atoms with Crippen LogP contribution < -0.4 is 36.3 Å². The number of hydrazone groups is 2. The molecule has 0 fully saturated rings. The van der Waals surface area contributed by atoms with E-state index in [9.17, 15) is 19.8 Å². The van der Waals surface area contributed by atoms with Gasteiger partial charge in [0.05, 0.1) is 50.5 Å². The van der Waals surface area contributed by atoms with Crippen molar-refractivity contribution in [1.29, 1.82) is 0 Å². The topological polar surface area (TPSA) is 178 Å². The van der Waals surface area contributed by atoms with Gasteiger partial charge in [-0.15, -0.1) is 0 Å². The molecule has 3 aliphatic rings. The number of anilines is 4. The number of hydrogen-bond donors (Lipinski definition) is 7. The molecule has 0 saturated heterocycles. The molecule has 13 nitrogen and oxygen atoms in total. The summed E-state index contributed by atoms with van der Waals surface area (Å²) in [5.74, 6) is 0.537. The molecule has 7 rings (SSSR count). The smallest absolute Gasteiger partial charge is 0.230 e. The average molecular weight is 694 g/mol. The van der Waals surface area contributed by atoms with Gasteiger partial charge in [0.2, 0.25) is 11.8 Å². The Labute approximate surface area is 292 Å². The minimum atomic E-state index is -0.182. The highest BCUT2D eigenvalue weighted by Gasteiger charge is 2.25. The third-order valence-electron chi connectivity index (χ3n) is 8.60. The molecule has 256 valence electrons. The zero-order valence-electron chi connectivity index (χ0n) is 27.2. The molecule has 3 heterocycles. The summed E-state index contributed by atoms with van der Waals surface area (Å²) in [4.78, 5) is 27.8. The molecule has 2 amide bonds. The van der Waals surface area contributed by atoms with Gasteiger partial charge in [0.25, 0.3) is 0 Å². The maximum atomic E-state index is 12.9. The van der Waals surface area contributed by atoms with E-state index in [4.69, 9.17) is 9.47 Å². The van der Waals surface area contributed by atoms with Crippen molar-refractivity contribution in [2.24, 2.45) is 10.2 Å². The molecular weight excluding hydrogens is 659 g/mol. The first kappa shape index (κ1) is 32.6. The number of phenolic OH excluding ortho intramolecular Hbond substituents is 2. The van der Waals surface area contributed by atoms with E-state index in [-0.39, 0.29) is 48.2 Å². The maximum absolute atomic E-state index is 12.9. The maximum Gasteiger partial charge on any atom is 0.230 e. The number of nitrogens with one attached hydrogen (secondary N) is 5. The molecule has 50 heavy (non-hydrogen) atoms. The number of aromatic hydroxyl groups is 2. The Balaban J connectivity index is 0.915. The van der Waals surface area contributed by atoms with Crippen LogP contribution in [0.4, 0.5) is 22.7 Å². The van der Waals surface area contributed by atoms with Crippen LogP contribution in [-0.4, -0.2) is 47.7 Å². The fourth-order valence-electron chi connectivity index (χ4n) is 6.07. The third-order valence-corrected chi connectivity index (χ3v) is 9.71. The predicted molar refractivity (Wildman–Crippen MR) is 192 cm³/mol. The van der Waals surface area contributed by atoms with Crippen molar-refractivity contribution in [2.75, 3.05) is 30.2 Å². The molecule has 0 aliphatic carbocycles. The zero-order valence-corrected chi connectivity index (χ0v) is 28.1. The summed E-state index contributed by atoms with van der Waals surface area (Å²) in [7, 11) is 3.00. The number of rotatable bonds is 10.